The molecule has 21 heavy (non-hydrogen) atoms. The van der Waals surface area contributed by atoms with E-state index in [1.165, 1.54) is 6.42 Å². The standard InChI is InChI=1S/C17H27N3O/c1-6-12-7-14(19(5)18-12)15(21)20-11-17(4)9-13(20)8-16(2,3)10-17/h7,13H,6,8-11H2,1-5H3. The summed E-state index contributed by atoms with van der Waals surface area (Å²) in [6.07, 6.45) is 4.36. The second-order valence-electron chi connectivity index (χ2n) is 8.14. The highest BCUT2D eigenvalue weighted by atomic mass is 16.2. The van der Waals surface area contributed by atoms with Crippen LogP contribution in [0.15, 0.2) is 6.07 Å². The summed E-state index contributed by atoms with van der Waals surface area (Å²) < 4.78 is 1.75. The van der Waals surface area contributed by atoms with Crippen LogP contribution < -0.4 is 0 Å². The summed E-state index contributed by atoms with van der Waals surface area (Å²) >= 11 is 0. The molecule has 0 radical (unpaired) electrons. The van der Waals surface area contributed by atoms with Gasteiger partial charge in [-0.25, -0.2) is 0 Å². The Morgan fingerprint density at radius 2 is 2.10 bits per heavy atom. The van der Waals surface area contributed by atoms with Gasteiger partial charge in [0, 0.05) is 19.6 Å². The Bertz CT molecular complexity index is 575. The molecule has 4 heteroatoms. The van der Waals surface area contributed by atoms with E-state index in [0.717, 1.165) is 37.2 Å². The van der Waals surface area contributed by atoms with Crippen molar-refractivity contribution in [3.8, 4) is 0 Å². The summed E-state index contributed by atoms with van der Waals surface area (Å²) in [5.74, 6) is 0.163. The Balaban J connectivity index is 1.87. The van der Waals surface area contributed by atoms with E-state index in [1.54, 1.807) is 4.68 Å². The van der Waals surface area contributed by atoms with Crippen LogP contribution in [0.25, 0.3) is 0 Å². The maximum Gasteiger partial charge on any atom is 0.272 e. The molecule has 1 aromatic rings. The van der Waals surface area contributed by atoms with Crippen LogP contribution in [0.3, 0.4) is 0 Å². The van der Waals surface area contributed by atoms with Crippen molar-refractivity contribution >= 4 is 5.91 Å². The minimum Gasteiger partial charge on any atom is -0.334 e. The topological polar surface area (TPSA) is 38.1 Å². The molecule has 1 saturated heterocycles. The van der Waals surface area contributed by atoms with Crippen molar-refractivity contribution in [3.63, 3.8) is 0 Å². The average Bonchev–Trinajstić information content (AvgIpc) is 2.85. The maximum atomic E-state index is 13.0. The number of carbonyl (C=O) groups excluding carboxylic acids is 1. The fourth-order valence-electron chi connectivity index (χ4n) is 4.74. The number of hydrogen-bond acceptors (Lipinski definition) is 2. The number of aryl methyl sites for hydroxylation is 2. The van der Waals surface area contributed by atoms with Crippen molar-refractivity contribution in [2.24, 2.45) is 17.9 Å². The van der Waals surface area contributed by atoms with Crippen molar-refractivity contribution in [1.29, 1.82) is 0 Å². The zero-order valence-corrected chi connectivity index (χ0v) is 13.9. The molecule has 2 fully saturated rings. The number of fused-ring (bicyclic) bond motifs is 2. The molecule has 1 aromatic heterocycles. The van der Waals surface area contributed by atoms with Crippen molar-refractivity contribution < 1.29 is 4.79 Å². The summed E-state index contributed by atoms with van der Waals surface area (Å²) in [5.41, 5.74) is 2.36. The number of nitrogens with zero attached hydrogens (tertiary/aromatic N) is 3. The molecule has 1 aliphatic carbocycles. The zero-order chi connectivity index (χ0) is 15.4. The SMILES string of the molecule is CCc1cc(C(=O)N2CC3(C)CC2CC(C)(C)C3)n(C)n1. The van der Waals surface area contributed by atoms with Crippen molar-refractivity contribution in [1.82, 2.24) is 14.7 Å². The van der Waals surface area contributed by atoms with Gasteiger partial charge in [-0.15, -0.1) is 0 Å². The minimum atomic E-state index is 0.163. The van der Waals surface area contributed by atoms with Gasteiger partial charge < -0.3 is 4.90 Å². The van der Waals surface area contributed by atoms with E-state index in [2.05, 4.69) is 37.7 Å². The molecule has 1 aliphatic heterocycles. The van der Waals surface area contributed by atoms with Gasteiger partial charge in [0.2, 0.25) is 0 Å². The summed E-state index contributed by atoms with van der Waals surface area (Å²) in [7, 11) is 1.88. The second kappa shape index (κ2) is 4.59. The molecule has 1 amide bonds. The van der Waals surface area contributed by atoms with Gasteiger partial charge in [0.1, 0.15) is 5.69 Å². The van der Waals surface area contributed by atoms with E-state index < -0.39 is 0 Å². The Morgan fingerprint density at radius 1 is 1.38 bits per heavy atom. The first-order valence-corrected chi connectivity index (χ1v) is 8.07. The molecule has 2 atom stereocenters. The first-order valence-electron chi connectivity index (χ1n) is 8.07. The molecule has 3 rings (SSSR count). The molecule has 1 saturated carbocycles. The first-order chi connectivity index (χ1) is 9.73. The van der Waals surface area contributed by atoms with E-state index >= 15 is 0 Å². The molecule has 116 valence electrons. The molecule has 2 aliphatic rings. The predicted molar refractivity (Wildman–Crippen MR) is 83.1 cm³/mol. The van der Waals surface area contributed by atoms with Crippen LogP contribution >= 0.6 is 0 Å². The molecule has 2 heterocycles. The van der Waals surface area contributed by atoms with Crippen LogP contribution in [-0.4, -0.2) is 33.2 Å². The number of carbonyl (C=O) groups is 1. The highest BCUT2D eigenvalue weighted by Gasteiger charge is 2.51. The lowest BCUT2D eigenvalue weighted by atomic mass is 9.65. The number of hydrogen-bond donors (Lipinski definition) is 0. The predicted octanol–water partition coefficient (Wildman–Crippen LogP) is 3.02. The van der Waals surface area contributed by atoms with Crippen LogP contribution in [0.2, 0.25) is 0 Å². The van der Waals surface area contributed by atoms with Crippen molar-refractivity contribution in [2.45, 2.75) is 59.4 Å². The Hall–Kier alpha value is -1.32. The third kappa shape index (κ3) is 2.49. The third-order valence-electron chi connectivity index (χ3n) is 5.19. The lowest BCUT2D eigenvalue weighted by Crippen LogP contribution is -2.38. The van der Waals surface area contributed by atoms with E-state index in [0.29, 0.717) is 11.5 Å². The smallest absolute Gasteiger partial charge is 0.272 e. The normalized spacial score (nSPS) is 30.7. The van der Waals surface area contributed by atoms with Gasteiger partial charge in [-0.05, 0) is 42.6 Å². The lowest BCUT2D eigenvalue weighted by molar-refractivity contribution is 0.0697. The number of aromatic nitrogens is 2. The van der Waals surface area contributed by atoms with Crippen LogP contribution in [-0.2, 0) is 13.5 Å². The third-order valence-corrected chi connectivity index (χ3v) is 5.19. The van der Waals surface area contributed by atoms with Crippen LogP contribution in [0.4, 0.5) is 0 Å². The molecule has 4 nitrogen and oxygen atoms in total. The molecule has 2 bridgehead atoms. The van der Waals surface area contributed by atoms with Crippen LogP contribution in [0.5, 0.6) is 0 Å². The van der Waals surface area contributed by atoms with Crippen molar-refractivity contribution in [2.75, 3.05) is 6.54 Å². The Labute approximate surface area is 127 Å². The van der Waals surface area contributed by atoms with Gasteiger partial charge in [-0.3, -0.25) is 9.48 Å². The van der Waals surface area contributed by atoms with Gasteiger partial charge in [0.25, 0.3) is 5.91 Å². The van der Waals surface area contributed by atoms with Crippen LogP contribution in [0.1, 0.15) is 63.1 Å². The highest BCUT2D eigenvalue weighted by Crippen LogP contribution is 2.52. The highest BCUT2D eigenvalue weighted by molar-refractivity contribution is 5.93. The van der Waals surface area contributed by atoms with E-state index in [1.807, 2.05) is 13.1 Å². The molecule has 0 N–H and O–H groups in total. The molecule has 2 unspecified atom stereocenters. The van der Waals surface area contributed by atoms with Gasteiger partial charge in [0.05, 0.1) is 5.69 Å². The van der Waals surface area contributed by atoms with E-state index in [-0.39, 0.29) is 11.3 Å². The fraction of sp³-hybridized carbons (Fsp3) is 0.765. The van der Waals surface area contributed by atoms with Gasteiger partial charge in [0.15, 0.2) is 0 Å². The number of amides is 1. The van der Waals surface area contributed by atoms with E-state index in [4.69, 9.17) is 0 Å². The summed E-state index contributed by atoms with van der Waals surface area (Å²) in [4.78, 5) is 15.1. The van der Waals surface area contributed by atoms with Crippen molar-refractivity contribution in [3.05, 3.63) is 17.5 Å². The molecule has 0 aromatic carbocycles. The van der Waals surface area contributed by atoms with E-state index in [9.17, 15) is 4.79 Å². The summed E-state index contributed by atoms with van der Waals surface area (Å²) in [6.45, 7) is 9.99. The van der Waals surface area contributed by atoms with Crippen LogP contribution in [0, 0.1) is 10.8 Å². The second-order valence-corrected chi connectivity index (χ2v) is 8.14. The number of rotatable bonds is 2. The first kappa shape index (κ1) is 14.6. The summed E-state index contributed by atoms with van der Waals surface area (Å²) in [6, 6.07) is 2.35. The number of likely N-dealkylation sites (tertiary alicyclic amines) is 1. The molecular formula is C17H27N3O. The Kier molecular flexibility index (Phi) is 3.19. The quantitative estimate of drug-likeness (QED) is 0.839. The summed E-state index contributed by atoms with van der Waals surface area (Å²) in [5, 5.41) is 4.42. The average molecular weight is 289 g/mol. The molecular weight excluding hydrogens is 262 g/mol. The molecule has 0 spiro atoms. The van der Waals surface area contributed by atoms with Gasteiger partial charge in [-0.2, -0.15) is 5.10 Å². The maximum absolute atomic E-state index is 13.0. The Morgan fingerprint density at radius 3 is 2.71 bits per heavy atom. The monoisotopic (exact) mass is 289 g/mol. The fourth-order valence-corrected chi connectivity index (χ4v) is 4.74. The lowest BCUT2D eigenvalue weighted by Gasteiger charge is -2.39. The van der Waals surface area contributed by atoms with Gasteiger partial charge in [-0.1, -0.05) is 27.7 Å². The minimum absolute atomic E-state index is 0.163. The zero-order valence-electron chi connectivity index (χ0n) is 13.9. The largest absolute Gasteiger partial charge is 0.334 e. The van der Waals surface area contributed by atoms with Gasteiger partial charge >= 0.3 is 0 Å².